The maximum absolute atomic E-state index is 12.0. The highest BCUT2D eigenvalue weighted by atomic mass is 32.2. The molecule has 9 heteroatoms. The molecule has 1 aromatic carbocycles. The lowest BCUT2D eigenvalue weighted by molar-refractivity contribution is 0.578. The maximum atomic E-state index is 12.0. The second kappa shape index (κ2) is 6.44. The highest BCUT2D eigenvalue weighted by Crippen LogP contribution is 2.14. The van der Waals surface area contributed by atoms with Crippen LogP contribution in [0.25, 0.3) is 0 Å². The summed E-state index contributed by atoms with van der Waals surface area (Å²) >= 11 is 0. The lowest BCUT2D eigenvalue weighted by Crippen LogP contribution is -2.33. The van der Waals surface area contributed by atoms with Gasteiger partial charge in [0.2, 0.25) is 20.0 Å². The first kappa shape index (κ1) is 16.1. The van der Waals surface area contributed by atoms with Crippen molar-refractivity contribution in [2.75, 3.05) is 19.3 Å². The Morgan fingerprint density at radius 2 is 1.79 bits per heavy atom. The summed E-state index contributed by atoms with van der Waals surface area (Å²) in [6.45, 7) is -0.115. The van der Waals surface area contributed by atoms with E-state index >= 15 is 0 Å². The van der Waals surface area contributed by atoms with E-state index in [2.05, 4.69) is 9.44 Å². The summed E-state index contributed by atoms with van der Waals surface area (Å²) in [5, 5.41) is 0. The standard InChI is InChI=1S/C10H17N3O4S2/c1-12-18(14,15)7-6-13-19(16,17)10-5-3-2-4-9(10)8-11/h2-5,12-13H,6-8,11H2,1H3. The van der Waals surface area contributed by atoms with Crippen LogP contribution >= 0.6 is 0 Å². The van der Waals surface area contributed by atoms with E-state index in [1.807, 2.05) is 0 Å². The van der Waals surface area contributed by atoms with Gasteiger partial charge in [-0.25, -0.2) is 26.3 Å². The van der Waals surface area contributed by atoms with Gasteiger partial charge >= 0.3 is 0 Å². The highest BCUT2D eigenvalue weighted by Gasteiger charge is 2.18. The van der Waals surface area contributed by atoms with E-state index in [9.17, 15) is 16.8 Å². The SMILES string of the molecule is CNS(=O)(=O)CCNS(=O)(=O)c1ccccc1CN. The molecule has 0 aromatic heterocycles. The molecule has 1 rings (SSSR count). The fourth-order valence-corrected chi connectivity index (χ4v) is 3.41. The van der Waals surface area contributed by atoms with Crippen molar-refractivity contribution in [1.29, 1.82) is 0 Å². The number of sulfonamides is 2. The minimum Gasteiger partial charge on any atom is -0.326 e. The molecule has 0 atom stereocenters. The zero-order valence-corrected chi connectivity index (χ0v) is 12.1. The summed E-state index contributed by atoms with van der Waals surface area (Å²) in [6, 6.07) is 6.31. The van der Waals surface area contributed by atoms with Crippen LogP contribution in [-0.2, 0) is 26.6 Å². The van der Waals surface area contributed by atoms with Gasteiger partial charge in [0, 0.05) is 13.1 Å². The van der Waals surface area contributed by atoms with Gasteiger partial charge in [0.1, 0.15) is 0 Å². The maximum Gasteiger partial charge on any atom is 0.240 e. The minimum absolute atomic E-state index is 0.0688. The summed E-state index contributed by atoms with van der Waals surface area (Å²) in [4.78, 5) is 0.0688. The number of rotatable bonds is 7. The highest BCUT2D eigenvalue weighted by molar-refractivity contribution is 7.90. The normalized spacial score (nSPS) is 12.5. The zero-order chi connectivity index (χ0) is 14.5. The molecule has 0 amide bonds. The van der Waals surface area contributed by atoms with E-state index in [0.29, 0.717) is 5.56 Å². The van der Waals surface area contributed by atoms with Crippen LogP contribution in [0.2, 0.25) is 0 Å². The van der Waals surface area contributed by atoms with Crippen LogP contribution in [0.3, 0.4) is 0 Å². The first-order chi connectivity index (χ1) is 8.82. The molecule has 0 heterocycles. The Morgan fingerprint density at radius 1 is 1.16 bits per heavy atom. The summed E-state index contributed by atoms with van der Waals surface area (Å²) < 4.78 is 50.7. The van der Waals surface area contributed by atoms with E-state index < -0.39 is 20.0 Å². The largest absolute Gasteiger partial charge is 0.326 e. The van der Waals surface area contributed by atoms with E-state index in [1.165, 1.54) is 13.1 Å². The lowest BCUT2D eigenvalue weighted by Gasteiger charge is -2.10. The van der Waals surface area contributed by atoms with Gasteiger partial charge in [-0.3, -0.25) is 0 Å². The van der Waals surface area contributed by atoms with Gasteiger partial charge in [0.25, 0.3) is 0 Å². The van der Waals surface area contributed by atoms with E-state index in [-0.39, 0.29) is 23.7 Å². The molecule has 4 N–H and O–H groups in total. The van der Waals surface area contributed by atoms with Crippen LogP contribution < -0.4 is 15.2 Å². The van der Waals surface area contributed by atoms with Crippen molar-refractivity contribution in [3.05, 3.63) is 29.8 Å². The fourth-order valence-electron chi connectivity index (χ4n) is 1.42. The molecule has 0 fully saturated rings. The fraction of sp³-hybridized carbons (Fsp3) is 0.400. The number of nitrogens with one attached hydrogen (secondary N) is 2. The Morgan fingerprint density at radius 3 is 2.37 bits per heavy atom. The van der Waals surface area contributed by atoms with Crippen molar-refractivity contribution in [3.8, 4) is 0 Å². The van der Waals surface area contributed by atoms with Crippen molar-refractivity contribution in [3.63, 3.8) is 0 Å². The molecule has 0 aliphatic heterocycles. The Labute approximate surface area is 113 Å². The quantitative estimate of drug-likeness (QED) is 0.595. The first-order valence-electron chi connectivity index (χ1n) is 5.51. The summed E-state index contributed by atoms with van der Waals surface area (Å²) in [6.07, 6.45) is 0. The Hall–Kier alpha value is -1.00. The van der Waals surface area contributed by atoms with Gasteiger partial charge in [-0.05, 0) is 18.7 Å². The monoisotopic (exact) mass is 307 g/mol. The molecule has 1 aromatic rings. The van der Waals surface area contributed by atoms with Gasteiger partial charge in [0.15, 0.2) is 0 Å². The predicted octanol–water partition coefficient (Wildman–Crippen LogP) is -1.03. The van der Waals surface area contributed by atoms with Crippen molar-refractivity contribution in [2.45, 2.75) is 11.4 Å². The van der Waals surface area contributed by atoms with Gasteiger partial charge in [0.05, 0.1) is 10.6 Å². The lowest BCUT2D eigenvalue weighted by atomic mass is 10.2. The molecule has 0 aliphatic rings. The molecule has 0 aliphatic carbocycles. The Kier molecular flexibility index (Phi) is 5.44. The molecule has 108 valence electrons. The predicted molar refractivity (Wildman–Crippen MR) is 72.4 cm³/mol. The van der Waals surface area contributed by atoms with E-state index in [0.717, 1.165) is 0 Å². The second-order valence-corrected chi connectivity index (χ2v) is 7.51. The summed E-state index contributed by atoms with van der Waals surface area (Å²) in [5.41, 5.74) is 5.95. The molecule has 0 saturated carbocycles. The second-order valence-electron chi connectivity index (χ2n) is 3.73. The van der Waals surface area contributed by atoms with E-state index in [4.69, 9.17) is 5.73 Å². The van der Waals surface area contributed by atoms with E-state index in [1.54, 1.807) is 18.2 Å². The van der Waals surface area contributed by atoms with Gasteiger partial charge in [-0.15, -0.1) is 0 Å². The third-order valence-electron chi connectivity index (χ3n) is 2.46. The molecule has 19 heavy (non-hydrogen) atoms. The van der Waals surface area contributed by atoms with Gasteiger partial charge in [-0.1, -0.05) is 18.2 Å². The Balaban J connectivity index is 2.82. The Bertz CT molecular complexity index is 626. The van der Waals surface area contributed by atoms with Crippen LogP contribution in [0.15, 0.2) is 29.2 Å². The summed E-state index contributed by atoms with van der Waals surface area (Å²) in [5.74, 6) is -0.326. The molecule has 0 radical (unpaired) electrons. The molecule has 0 unspecified atom stereocenters. The molecule has 0 saturated heterocycles. The smallest absolute Gasteiger partial charge is 0.240 e. The summed E-state index contributed by atoms with van der Waals surface area (Å²) in [7, 11) is -5.93. The van der Waals surface area contributed by atoms with Crippen LogP contribution in [-0.4, -0.2) is 36.2 Å². The molecular weight excluding hydrogens is 290 g/mol. The van der Waals surface area contributed by atoms with Crippen LogP contribution in [0.1, 0.15) is 5.56 Å². The molecule has 0 spiro atoms. The number of hydrogen-bond donors (Lipinski definition) is 3. The van der Waals surface area contributed by atoms with Crippen LogP contribution in [0, 0.1) is 0 Å². The average molecular weight is 307 g/mol. The number of nitrogens with two attached hydrogens (primary N) is 1. The van der Waals surface area contributed by atoms with Crippen LogP contribution in [0.4, 0.5) is 0 Å². The van der Waals surface area contributed by atoms with Crippen LogP contribution in [0.5, 0.6) is 0 Å². The molecule has 0 bridgehead atoms. The zero-order valence-electron chi connectivity index (χ0n) is 10.5. The third kappa shape index (κ3) is 4.55. The third-order valence-corrected chi connectivity index (χ3v) is 5.38. The van der Waals surface area contributed by atoms with Crippen molar-refractivity contribution >= 4 is 20.0 Å². The number of hydrogen-bond acceptors (Lipinski definition) is 5. The number of benzene rings is 1. The van der Waals surface area contributed by atoms with Crippen molar-refractivity contribution < 1.29 is 16.8 Å². The van der Waals surface area contributed by atoms with Gasteiger partial charge < -0.3 is 5.73 Å². The van der Waals surface area contributed by atoms with Gasteiger partial charge in [-0.2, -0.15) is 0 Å². The first-order valence-corrected chi connectivity index (χ1v) is 8.65. The minimum atomic E-state index is -3.76. The molecule has 7 nitrogen and oxygen atoms in total. The van der Waals surface area contributed by atoms with Crippen molar-refractivity contribution in [2.24, 2.45) is 5.73 Å². The van der Waals surface area contributed by atoms with Crippen molar-refractivity contribution in [1.82, 2.24) is 9.44 Å². The molecular formula is C10H17N3O4S2. The average Bonchev–Trinajstić information content (AvgIpc) is 2.38. The topological polar surface area (TPSA) is 118 Å².